The van der Waals surface area contributed by atoms with Crippen LogP contribution in [0.4, 0.5) is 5.69 Å². The number of nitrogens with one attached hydrogen (secondary N) is 2. The molecule has 0 unspecified atom stereocenters. The quantitative estimate of drug-likeness (QED) is 0.781. The fraction of sp³-hybridized carbons (Fsp3) is 0.0909. The smallest absolute Gasteiger partial charge is 0.221 e. The van der Waals surface area contributed by atoms with Crippen LogP contribution >= 0.6 is 0 Å². The highest BCUT2D eigenvalue weighted by Gasteiger charge is 2.00. The molecule has 0 aliphatic heterocycles. The second kappa shape index (κ2) is 3.96. The first-order chi connectivity index (χ1) is 7.25. The van der Waals surface area contributed by atoms with Crippen molar-refractivity contribution in [2.45, 2.75) is 6.92 Å². The fourth-order valence-electron chi connectivity index (χ4n) is 1.38. The fourth-order valence-corrected chi connectivity index (χ4v) is 1.38. The largest absolute Gasteiger partial charge is 0.326 e. The molecule has 0 saturated carbocycles. The predicted octanol–water partition coefficient (Wildman–Crippen LogP) is 2.04. The molecule has 2 rings (SSSR count). The number of aromatic amines is 1. The van der Waals surface area contributed by atoms with Crippen molar-refractivity contribution in [1.82, 2.24) is 10.2 Å². The van der Waals surface area contributed by atoms with E-state index < -0.39 is 0 Å². The number of aromatic nitrogens is 2. The van der Waals surface area contributed by atoms with Gasteiger partial charge >= 0.3 is 0 Å². The molecule has 0 spiro atoms. The number of carbonyl (C=O) groups excluding carboxylic acids is 1. The lowest BCUT2D eigenvalue weighted by Crippen LogP contribution is -2.05. The van der Waals surface area contributed by atoms with Crippen LogP contribution in [0.25, 0.3) is 11.3 Å². The molecule has 76 valence electrons. The van der Waals surface area contributed by atoms with Gasteiger partial charge in [0.05, 0.1) is 5.69 Å². The Labute approximate surface area is 87.3 Å². The minimum atomic E-state index is -0.0724. The van der Waals surface area contributed by atoms with Gasteiger partial charge in [0.1, 0.15) is 0 Å². The summed E-state index contributed by atoms with van der Waals surface area (Å²) in [6, 6.07) is 9.48. The van der Waals surface area contributed by atoms with Gasteiger partial charge in [-0.25, -0.2) is 0 Å². The summed E-state index contributed by atoms with van der Waals surface area (Å²) >= 11 is 0. The molecule has 4 heteroatoms. The van der Waals surface area contributed by atoms with Crippen molar-refractivity contribution in [3.8, 4) is 11.3 Å². The standard InChI is InChI=1S/C11H11N3O/c1-8(15)13-10-4-2-3-9(7-10)11-5-6-12-14-11/h2-7H,1H3,(H,12,14)(H,13,15). The first-order valence-corrected chi connectivity index (χ1v) is 4.63. The summed E-state index contributed by atoms with van der Waals surface area (Å²) in [5.41, 5.74) is 2.72. The van der Waals surface area contributed by atoms with E-state index >= 15 is 0 Å². The SMILES string of the molecule is CC(=O)Nc1cccc(-c2ccn[nH]2)c1. The number of nitrogens with zero attached hydrogens (tertiary/aromatic N) is 1. The Morgan fingerprint density at radius 2 is 2.27 bits per heavy atom. The van der Waals surface area contributed by atoms with Crippen LogP contribution in [0, 0.1) is 0 Å². The van der Waals surface area contributed by atoms with Gasteiger partial charge in [-0.05, 0) is 18.2 Å². The molecule has 0 radical (unpaired) electrons. The van der Waals surface area contributed by atoms with Crippen molar-refractivity contribution in [1.29, 1.82) is 0 Å². The molecule has 4 nitrogen and oxygen atoms in total. The van der Waals surface area contributed by atoms with Gasteiger partial charge in [-0.3, -0.25) is 9.89 Å². The van der Waals surface area contributed by atoms with E-state index in [9.17, 15) is 4.79 Å². The van der Waals surface area contributed by atoms with Gasteiger partial charge in [-0.15, -0.1) is 0 Å². The van der Waals surface area contributed by atoms with Crippen LogP contribution in [0.1, 0.15) is 6.92 Å². The van der Waals surface area contributed by atoms with Crippen molar-refractivity contribution in [2.24, 2.45) is 0 Å². The average molecular weight is 201 g/mol. The molecular formula is C11H11N3O. The van der Waals surface area contributed by atoms with Crippen molar-refractivity contribution in [3.63, 3.8) is 0 Å². The molecule has 1 aromatic carbocycles. The second-order valence-corrected chi connectivity index (χ2v) is 3.23. The van der Waals surface area contributed by atoms with E-state index in [0.717, 1.165) is 16.9 Å². The molecule has 2 N–H and O–H groups in total. The molecule has 1 aromatic heterocycles. The number of H-pyrrole nitrogens is 1. The Morgan fingerprint density at radius 1 is 1.40 bits per heavy atom. The molecular weight excluding hydrogens is 190 g/mol. The lowest BCUT2D eigenvalue weighted by molar-refractivity contribution is -0.114. The minimum absolute atomic E-state index is 0.0724. The summed E-state index contributed by atoms with van der Waals surface area (Å²) in [6.45, 7) is 1.49. The van der Waals surface area contributed by atoms with Gasteiger partial charge in [-0.1, -0.05) is 12.1 Å². The van der Waals surface area contributed by atoms with Crippen LogP contribution in [0.2, 0.25) is 0 Å². The summed E-state index contributed by atoms with van der Waals surface area (Å²) in [5.74, 6) is -0.0724. The van der Waals surface area contributed by atoms with Crippen LogP contribution in [-0.4, -0.2) is 16.1 Å². The lowest BCUT2D eigenvalue weighted by Gasteiger charge is -2.03. The Kier molecular flexibility index (Phi) is 2.49. The molecule has 0 aliphatic rings. The third kappa shape index (κ3) is 2.22. The maximum atomic E-state index is 10.9. The van der Waals surface area contributed by atoms with Gasteiger partial charge in [0.15, 0.2) is 0 Å². The molecule has 2 aromatic rings. The van der Waals surface area contributed by atoms with Gasteiger partial charge in [0, 0.05) is 24.4 Å². The predicted molar refractivity (Wildman–Crippen MR) is 58.3 cm³/mol. The molecule has 0 fully saturated rings. The van der Waals surface area contributed by atoms with Crippen molar-refractivity contribution < 1.29 is 4.79 Å². The van der Waals surface area contributed by atoms with Crippen molar-refractivity contribution in [3.05, 3.63) is 36.5 Å². The number of carbonyl (C=O) groups is 1. The van der Waals surface area contributed by atoms with Crippen LogP contribution < -0.4 is 5.32 Å². The lowest BCUT2D eigenvalue weighted by atomic mass is 10.1. The molecule has 0 atom stereocenters. The summed E-state index contributed by atoms with van der Waals surface area (Å²) in [6.07, 6.45) is 1.69. The molecule has 0 saturated heterocycles. The molecule has 15 heavy (non-hydrogen) atoms. The summed E-state index contributed by atoms with van der Waals surface area (Å²) in [5, 5.41) is 9.48. The van der Waals surface area contributed by atoms with Gasteiger partial charge < -0.3 is 5.32 Å². The summed E-state index contributed by atoms with van der Waals surface area (Å²) < 4.78 is 0. The molecule has 1 amide bonds. The van der Waals surface area contributed by atoms with Crippen molar-refractivity contribution in [2.75, 3.05) is 5.32 Å². The minimum Gasteiger partial charge on any atom is -0.326 e. The van der Waals surface area contributed by atoms with E-state index in [2.05, 4.69) is 15.5 Å². The van der Waals surface area contributed by atoms with Gasteiger partial charge in [0.25, 0.3) is 0 Å². The Balaban J connectivity index is 2.31. The summed E-state index contributed by atoms with van der Waals surface area (Å²) in [7, 11) is 0. The maximum absolute atomic E-state index is 10.9. The monoisotopic (exact) mass is 201 g/mol. The van der Waals surface area contributed by atoms with Crippen molar-refractivity contribution >= 4 is 11.6 Å². The first kappa shape index (κ1) is 9.45. The number of benzene rings is 1. The highest BCUT2D eigenvalue weighted by atomic mass is 16.1. The third-order valence-electron chi connectivity index (χ3n) is 1.99. The number of hydrogen-bond acceptors (Lipinski definition) is 2. The number of anilines is 1. The van der Waals surface area contributed by atoms with Crippen LogP contribution in [0.3, 0.4) is 0 Å². The maximum Gasteiger partial charge on any atom is 0.221 e. The Bertz CT molecular complexity index is 462. The topological polar surface area (TPSA) is 57.8 Å². The van der Waals surface area contributed by atoms with Crippen LogP contribution in [-0.2, 0) is 4.79 Å². The first-order valence-electron chi connectivity index (χ1n) is 4.63. The zero-order chi connectivity index (χ0) is 10.7. The normalized spacial score (nSPS) is 9.93. The van der Waals surface area contributed by atoms with Crippen LogP contribution in [0.5, 0.6) is 0 Å². The van der Waals surface area contributed by atoms with E-state index in [1.807, 2.05) is 30.3 Å². The number of hydrogen-bond donors (Lipinski definition) is 2. The van der Waals surface area contributed by atoms with E-state index in [-0.39, 0.29) is 5.91 Å². The molecule has 0 bridgehead atoms. The average Bonchev–Trinajstić information content (AvgIpc) is 2.69. The van der Waals surface area contributed by atoms with E-state index in [0.29, 0.717) is 0 Å². The second-order valence-electron chi connectivity index (χ2n) is 3.23. The summed E-state index contributed by atoms with van der Waals surface area (Å²) in [4.78, 5) is 10.9. The zero-order valence-electron chi connectivity index (χ0n) is 8.32. The number of rotatable bonds is 2. The van der Waals surface area contributed by atoms with E-state index in [1.165, 1.54) is 6.92 Å². The zero-order valence-corrected chi connectivity index (χ0v) is 8.32. The van der Waals surface area contributed by atoms with Gasteiger partial charge in [0.2, 0.25) is 5.91 Å². The highest BCUT2D eigenvalue weighted by Crippen LogP contribution is 2.19. The molecule has 0 aliphatic carbocycles. The number of amides is 1. The Morgan fingerprint density at radius 3 is 2.93 bits per heavy atom. The van der Waals surface area contributed by atoms with E-state index in [4.69, 9.17) is 0 Å². The molecule has 1 heterocycles. The van der Waals surface area contributed by atoms with Crippen LogP contribution in [0.15, 0.2) is 36.5 Å². The highest BCUT2D eigenvalue weighted by molar-refractivity contribution is 5.89. The van der Waals surface area contributed by atoms with Gasteiger partial charge in [-0.2, -0.15) is 5.10 Å². The Hall–Kier alpha value is -2.10. The third-order valence-corrected chi connectivity index (χ3v) is 1.99. The van der Waals surface area contributed by atoms with E-state index in [1.54, 1.807) is 6.20 Å².